The van der Waals surface area contributed by atoms with Gasteiger partial charge < -0.3 is 9.88 Å². The number of piperazine rings is 1. The third kappa shape index (κ3) is 4.07. The molecule has 0 aromatic carbocycles. The second-order valence-electron chi connectivity index (χ2n) is 7.11. The van der Waals surface area contributed by atoms with Crippen molar-refractivity contribution in [3.63, 3.8) is 0 Å². The highest BCUT2D eigenvalue weighted by atomic mass is 16.2. The van der Waals surface area contributed by atoms with E-state index in [9.17, 15) is 9.59 Å². The molecule has 1 N–H and O–H groups in total. The minimum Gasteiger partial charge on any atom is -0.340 e. The Kier molecular flexibility index (Phi) is 5.17. The van der Waals surface area contributed by atoms with E-state index in [1.807, 2.05) is 4.90 Å². The first-order valence-corrected chi connectivity index (χ1v) is 8.85. The molecule has 25 heavy (non-hydrogen) atoms. The fourth-order valence-corrected chi connectivity index (χ4v) is 3.09. The van der Waals surface area contributed by atoms with Crippen molar-refractivity contribution in [1.82, 2.24) is 29.5 Å². The number of amides is 1. The van der Waals surface area contributed by atoms with Crippen LogP contribution in [0.25, 0.3) is 11.0 Å². The van der Waals surface area contributed by atoms with E-state index in [0.717, 1.165) is 32.6 Å². The SMILES string of the molecule is CC(C)CCC(=O)N1CCN(Cc2nc3c(cnn3C)c(=O)[nH]2)CC1. The molecule has 0 radical (unpaired) electrons. The Bertz CT molecular complexity index is 801. The molecule has 1 saturated heterocycles. The van der Waals surface area contributed by atoms with Gasteiger partial charge in [-0.3, -0.25) is 19.2 Å². The van der Waals surface area contributed by atoms with Crippen LogP contribution in [0, 0.1) is 5.92 Å². The van der Waals surface area contributed by atoms with Gasteiger partial charge in [-0.15, -0.1) is 0 Å². The molecular formula is C17H26N6O2. The molecule has 3 heterocycles. The van der Waals surface area contributed by atoms with Crippen molar-refractivity contribution >= 4 is 16.9 Å². The number of nitrogens with one attached hydrogen (secondary N) is 1. The third-order valence-corrected chi connectivity index (χ3v) is 4.68. The van der Waals surface area contributed by atoms with Crippen molar-refractivity contribution in [3.8, 4) is 0 Å². The van der Waals surface area contributed by atoms with Crippen molar-refractivity contribution in [3.05, 3.63) is 22.4 Å². The maximum atomic E-state index is 12.2. The summed E-state index contributed by atoms with van der Waals surface area (Å²) in [6.45, 7) is 7.89. The molecule has 2 aromatic heterocycles. The molecule has 8 nitrogen and oxygen atoms in total. The highest BCUT2D eigenvalue weighted by Gasteiger charge is 2.22. The molecule has 2 aromatic rings. The van der Waals surface area contributed by atoms with Gasteiger partial charge in [-0.25, -0.2) is 4.98 Å². The van der Waals surface area contributed by atoms with Gasteiger partial charge in [0.15, 0.2) is 5.65 Å². The number of rotatable bonds is 5. The Labute approximate surface area is 146 Å². The number of carbonyl (C=O) groups excluding carboxylic acids is 1. The third-order valence-electron chi connectivity index (χ3n) is 4.68. The molecule has 1 aliphatic heterocycles. The summed E-state index contributed by atoms with van der Waals surface area (Å²) in [5.74, 6) is 1.44. The fraction of sp³-hybridized carbons (Fsp3) is 0.647. The molecule has 0 aliphatic carbocycles. The summed E-state index contributed by atoms with van der Waals surface area (Å²) in [6, 6.07) is 0. The predicted molar refractivity (Wildman–Crippen MR) is 95.1 cm³/mol. The van der Waals surface area contributed by atoms with Gasteiger partial charge in [0.2, 0.25) is 5.91 Å². The van der Waals surface area contributed by atoms with Crippen LogP contribution < -0.4 is 5.56 Å². The summed E-state index contributed by atoms with van der Waals surface area (Å²) >= 11 is 0. The quantitative estimate of drug-likeness (QED) is 0.863. The number of hydrogen-bond acceptors (Lipinski definition) is 5. The van der Waals surface area contributed by atoms with Crippen molar-refractivity contribution in [2.24, 2.45) is 13.0 Å². The molecule has 1 fully saturated rings. The Morgan fingerprint density at radius 2 is 2.00 bits per heavy atom. The van der Waals surface area contributed by atoms with Gasteiger partial charge in [0.25, 0.3) is 5.56 Å². The van der Waals surface area contributed by atoms with E-state index in [-0.39, 0.29) is 11.5 Å². The van der Waals surface area contributed by atoms with Crippen LogP contribution in [0.2, 0.25) is 0 Å². The molecule has 8 heteroatoms. The van der Waals surface area contributed by atoms with E-state index in [0.29, 0.717) is 35.7 Å². The number of hydrogen-bond donors (Lipinski definition) is 1. The zero-order chi connectivity index (χ0) is 18.0. The summed E-state index contributed by atoms with van der Waals surface area (Å²) in [6.07, 6.45) is 3.10. The molecule has 1 aliphatic rings. The van der Waals surface area contributed by atoms with Crippen molar-refractivity contribution < 1.29 is 4.79 Å². The first-order valence-electron chi connectivity index (χ1n) is 8.85. The Morgan fingerprint density at radius 1 is 1.28 bits per heavy atom. The molecule has 0 atom stereocenters. The van der Waals surface area contributed by atoms with E-state index in [4.69, 9.17) is 0 Å². The second kappa shape index (κ2) is 7.35. The van der Waals surface area contributed by atoms with E-state index in [2.05, 4.69) is 33.8 Å². The lowest BCUT2D eigenvalue weighted by molar-refractivity contribution is -0.133. The highest BCUT2D eigenvalue weighted by Crippen LogP contribution is 2.11. The van der Waals surface area contributed by atoms with Gasteiger partial charge in [0.1, 0.15) is 11.2 Å². The first kappa shape index (κ1) is 17.6. The van der Waals surface area contributed by atoms with Crippen molar-refractivity contribution in [2.45, 2.75) is 33.2 Å². The maximum absolute atomic E-state index is 12.2. The lowest BCUT2D eigenvalue weighted by Crippen LogP contribution is -2.48. The number of aryl methyl sites for hydroxylation is 1. The molecule has 136 valence electrons. The molecule has 0 spiro atoms. The Balaban J connectivity index is 1.58. The normalized spacial score (nSPS) is 16.1. The number of H-pyrrole nitrogens is 1. The summed E-state index contributed by atoms with van der Waals surface area (Å²) in [4.78, 5) is 35.8. The lowest BCUT2D eigenvalue weighted by Gasteiger charge is -2.34. The van der Waals surface area contributed by atoms with Crippen LogP contribution in [-0.2, 0) is 18.4 Å². The Morgan fingerprint density at radius 3 is 2.68 bits per heavy atom. The van der Waals surface area contributed by atoms with Crippen molar-refractivity contribution in [1.29, 1.82) is 0 Å². The average Bonchev–Trinajstić information content (AvgIpc) is 2.95. The standard InChI is InChI=1S/C17H26N6O2/c1-12(2)4-5-15(24)23-8-6-22(7-9-23)11-14-19-16-13(17(25)20-14)10-18-21(16)3/h10,12H,4-9,11H2,1-3H3,(H,19,20,25). The largest absolute Gasteiger partial charge is 0.340 e. The van der Waals surface area contributed by atoms with Crippen LogP contribution in [0.15, 0.2) is 11.0 Å². The topological polar surface area (TPSA) is 87.1 Å². The molecule has 0 unspecified atom stereocenters. The van der Waals surface area contributed by atoms with Crippen LogP contribution in [0.5, 0.6) is 0 Å². The summed E-state index contributed by atoms with van der Waals surface area (Å²) < 4.78 is 1.61. The van der Waals surface area contributed by atoms with Crippen LogP contribution >= 0.6 is 0 Å². The molecular weight excluding hydrogens is 320 g/mol. The zero-order valence-corrected chi connectivity index (χ0v) is 15.2. The van der Waals surface area contributed by atoms with Crippen molar-refractivity contribution in [2.75, 3.05) is 26.2 Å². The maximum Gasteiger partial charge on any atom is 0.262 e. The van der Waals surface area contributed by atoms with Crippen LogP contribution in [0.3, 0.4) is 0 Å². The van der Waals surface area contributed by atoms with Gasteiger partial charge in [0, 0.05) is 39.6 Å². The highest BCUT2D eigenvalue weighted by molar-refractivity contribution is 5.76. The van der Waals surface area contributed by atoms with E-state index >= 15 is 0 Å². The zero-order valence-electron chi connectivity index (χ0n) is 15.2. The van der Waals surface area contributed by atoms with E-state index in [1.54, 1.807) is 11.7 Å². The van der Waals surface area contributed by atoms with Gasteiger partial charge in [0.05, 0.1) is 12.7 Å². The fourth-order valence-electron chi connectivity index (χ4n) is 3.09. The first-order chi connectivity index (χ1) is 11.9. The molecule has 1 amide bonds. The second-order valence-corrected chi connectivity index (χ2v) is 7.11. The smallest absolute Gasteiger partial charge is 0.262 e. The van der Waals surface area contributed by atoms with Gasteiger partial charge in [-0.1, -0.05) is 13.8 Å². The monoisotopic (exact) mass is 346 g/mol. The Hall–Kier alpha value is -2.22. The predicted octanol–water partition coefficient (Wildman–Crippen LogP) is 0.737. The lowest BCUT2D eigenvalue weighted by atomic mass is 10.1. The molecule has 0 bridgehead atoms. The average molecular weight is 346 g/mol. The number of fused-ring (bicyclic) bond motifs is 1. The number of carbonyl (C=O) groups is 1. The molecule has 3 rings (SSSR count). The van der Waals surface area contributed by atoms with Crippen LogP contribution in [0.1, 0.15) is 32.5 Å². The molecule has 0 saturated carbocycles. The van der Waals surface area contributed by atoms with E-state index < -0.39 is 0 Å². The van der Waals surface area contributed by atoms with Gasteiger partial charge in [-0.05, 0) is 12.3 Å². The van der Waals surface area contributed by atoms with Gasteiger partial charge in [-0.2, -0.15) is 5.10 Å². The minimum absolute atomic E-state index is 0.157. The number of aromatic nitrogens is 4. The number of aromatic amines is 1. The summed E-state index contributed by atoms with van der Waals surface area (Å²) in [7, 11) is 1.78. The van der Waals surface area contributed by atoms with Gasteiger partial charge >= 0.3 is 0 Å². The summed E-state index contributed by atoms with van der Waals surface area (Å²) in [5, 5.41) is 4.59. The van der Waals surface area contributed by atoms with Crippen LogP contribution in [-0.4, -0.2) is 61.6 Å². The minimum atomic E-state index is -0.157. The number of nitrogens with zero attached hydrogens (tertiary/aromatic N) is 5. The van der Waals surface area contributed by atoms with E-state index in [1.165, 1.54) is 6.20 Å². The summed E-state index contributed by atoms with van der Waals surface area (Å²) in [5.41, 5.74) is 0.442. The van der Waals surface area contributed by atoms with Crippen LogP contribution in [0.4, 0.5) is 0 Å².